The number of nitrogens with one attached hydrogen (secondary N) is 1. The van der Waals surface area contributed by atoms with Crippen molar-refractivity contribution in [3.8, 4) is 0 Å². The van der Waals surface area contributed by atoms with Gasteiger partial charge in [0.15, 0.2) is 0 Å². The number of nitrogens with two attached hydrogens (primary N) is 1. The Morgan fingerprint density at radius 3 is 2.94 bits per heavy atom. The fraction of sp³-hybridized carbons (Fsp3) is 0.357. The maximum Gasteiger partial charge on any atom is 0.0704 e. The average Bonchev–Trinajstić information content (AvgIpc) is 2.43. The molecule has 0 radical (unpaired) electrons. The first-order valence-corrected chi connectivity index (χ1v) is 6.21. The molecule has 0 bridgehead atoms. The lowest BCUT2D eigenvalue weighted by atomic mass is 10.0. The first kappa shape index (κ1) is 13.0. The normalized spacial score (nSPS) is 12.8. The van der Waals surface area contributed by atoms with Crippen LogP contribution in [0.3, 0.4) is 0 Å². The van der Waals surface area contributed by atoms with Crippen LogP contribution < -0.4 is 11.3 Å². The molecule has 2 aromatic rings. The molecular formula is C14H19N3O. The van der Waals surface area contributed by atoms with Crippen molar-refractivity contribution in [2.45, 2.75) is 19.4 Å². The van der Waals surface area contributed by atoms with Crippen LogP contribution in [0.1, 0.15) is 12.5 Å². The summed E-state index contributed by atoms with van der Waals surface area (Å²) in [6.07, 6.45) is 2.67. The van der Waals surface area contributed by atoms with Gasteiger partial charge in [0.25, 0.3) is 0 Å². The number of nitrogens with zero attached hydrogens (tertiary/aromatic N) is 1. The summed E-state index contributed by atoms with van der Waals surface area (Å²) in [6.45, 7) is 3.30. The van der Waals surface area contributed by atoms with Gasteiger partial charge < -0.3 is 4.74 Å². The lowest BCUT2D eigenvalue weighted by Gasteiger charge is -2.16. The predicted molar refractivity (Wildman–Crippen MR) is 73.1 cm³/mol. The summed E-state index contributed by atoms with van der Waals surface area (Å²) >= 11 is 0. The van der Waals surface area contributed by atoms with Crippen molar-refractivity contribution in [1.82, 2.24) is 10.4 Å². The largest absolute Gasteiger partial charge is 0.380 e. The Hall–Kier alpha value is -1.49. The number of pyridine rings is 1. The number of hydrogen-bond acceptors (Lipinski definition) is 4. The number of rotatable bonds is 6. The van der Waals surface area contributed by atoms with E-state index in [4.69, 9.17) is 10.6 Å². The van der Waals surface area contributed by atoms with E-state index < -0.39 is 0 Å². The molecule has 2 rings (SSSR count). The first-order valence-electron chi connectivity index (χ1n) is 6.21. The van der Waals surface area contributed by atoms with Crippen molar-refractivity contribution in [3.63, 3.8) is 0 Å². The summed E-state index contributed by atoms with van der Waals surface area (Å²) < 4.78 is 5.41. The Balaban J connectivity index is 2.19. The zero-order valence-corrected chi connectivity index (χ0v) is 10.6. The number of para-hydroxylation sites is 1. The minimum Gasteiger partial charge on any atom is -0.380 e. The Labute approximate surface area is 107 Å². The summed E-state index contributed by atoms with van der Waals surface area (Å²) in [5.41, 5.74) is 5.06. The highest BCUT2D eigenvalue weighted by Crippen LogP contribution is 2.17. The van der Waals surface area contributed by atoms with Gasteiger partial charge in [0.1, 0.15) is 0 Å². The van der Waals surface area contributed by atoms with E-state index in [9.17, 15) is 0 Å². The Morgan fingerprint density at radius 2 is 2.17 bits per heavy atom. The molecule has 4 heteroatoms. The monoisotopic (exact) mass is 245 g/mol. The maximum atomic E-state index is 5.56. The third-order valence-corrected chi connectivity index (χ3v) is 2.96. The highest BCUT2D eigenvalue weighted by molar-refractivity contribution is 5.81. The fourth-order valence-electron chi connectivity index (χ4n) is 2.02. The second-order valence-electron chi connectivity index (χ2n) is 4.21. The minimum atomic E-state index is 0.121. The first-order chi connectivity index (χ1) is 8.85. The summed E-state index contributed by atoms with van der Waals surface area (Å²) in [6, 6.07) is 10.3. The summed E-state index contributed by atoms with van der Waals surface area (Å²) in [4.78, 5) is 4.35. The lowest BCUT2D eigenvalue weighted by molar-refractivity contribution is 0.123. The van der Waals surface area contributed by atoms with E-state index in [1.54, 1.807) is 0 Å². The van der Waals surface area contributed by atoms with Crippen molar-refractivity contribution in [1.29, 1.82) is 0 Å². The van der Waals surface area contributed by atoms with Crippen LogP contribution in [0, 0.1) is 0 Å². The van der Waals surface area contributed by atoms with Gasteiger partial charge in [-0.05, 0) is 31.0 Å². The summed E-state index contributed by atoms with van der Waals surface area (Å²) in [5, 5.41) is 1.18. The van der Waals surface area contributed by atoms with E-state index in [0.717, 1.165) is 11.9 Å². The van der Waals surface area contributed by atoms with Crippen LogP contribution >= 0.6 is 0 Å². The van der Waals surface area contributed by atoms with Crippen molar-refractivity contribution in [3.05, 3.63) is 42.1 Å². The van der Waals surface area contributed by atoms with Gasteiger partial charge in [0.2, 0.25) is 0 Å². The SMILES string of the molecule is CCOCC(Cc1ccnc2ccccc12)NN. The zero-order valence-electron chi connectivity index (χ0n) is 10.6. The van der Waals surface area contributed by atoms with Gasteiger partial charge in [-0.2, -0.15) is 0 Å². The van der Waals surface area contributed by atoms with E-state index in [1.165, 1.54) is 10.9 Å². The summed E-state index contributed by atoms with van der Waals surface area (Å²) in [5.74, 6) is 5.56. The van der Waals surface area contributed by atoms with Gasteiger partial charge >= 0.3 is 0 Å². The van der Waals surface area contributed by atoms with Gasteiger partial charge in [0, 0.05) is 24.2 Å². The van der Waals surface area contributed by atoms with Gasteiger partial charge in [-0.25, -0.2) is 0 Å². The summed E-state index contributed by atoms with van der Waals surface area (Å²) in [7, 11) is 0. The maximum absolute atomic E-state index is 5.56. The topological polar surface area (TPSA) is 60.2 Å². The molecule has 1 aromatic heterocycles. The quantitative estimate of drug-likeness (QED) is 0.600. The predicted octanol–water partition coefficient (Wildman–Crippen LogP) is 1.65. The lowest BCUT2D eigenvalue weighted by Crippen LogP contribution is -2.40. The molecule has 0 aliphatic rings. The fourth-order valence-corrected chi connectivity index (χ4v) is 2.02. The molecule has 0 aliphatic heterocycles. The van der Waals surface area contributed by atoms with Crippen LogP contribution in [0.25, 0.3) is 10.9 Å². The van der Waals surface area contributed by atoms with Gasteiger partial charge in [0.05, 0.1) is 12.1 Å². The van der Waals surface area contributed by atoms with E-state index in [-0.39, 0.29) is 6.04 Å². The number of aromatic nitrogens is 1. The molecule has 1 aromatic carbocycles. The second-order valence-corrected chi connectivity index (χ2v) is 4.21. The molecule has 1 atom stereocenters. The zero-order chi connectivity index (χ0) is 12.8. The van der Waals surface area contributed by atoms with Crippen molar-refractivity contribution < 1.29 is 4.74 Å². The highest BCUT2D eigenvalue weighted by Gasteiger charge is 2.10. The van der Waals surface area contributed by atoms with Crippen LogP contribution in [0.15, 0.2) is 36.5 Å². The number of ether oxygens (including phenoxy) is 1. The third-order valence-electron chi connectivity index (χ3n) is 2.96. The molecule has 0 saturated heterocycles. The second kappa shape index (κ2) is 6.44. The number of hydrogen-bond donors (Lipinski definition) is 2. The smallest absolute Gasteiger partial charge is 0.0704 e. The van der Waals surface area contributed by atoms with Crippen LogP contribution in [-0.4, -0.2) is 24.2 Å². The third kappa shape index (κ3) is 3.04. The van der Waals surface area contributed by atoms with Crippen molar-refractivity contribution in [2.24, 2.45) is 5.84 Å². The average molecular weight is 245 g/mol. The molecule has 18 heavy (non-hydrogen) atoms. The van der Waals surface area contributed by atoms with E-state index in [1.807, 2.05) is 37.4 Å². The molecule has 4 nitrogen and oxygen atoms in total. The number of fused-ring (bicyclic) bond motifs is 1. The Morgan fingerprint density at radius 1 is 1.33 bits per heavy atom. The molecule has 96 valence electrons. The van der Waals surface area contributed by atoms with Gasteiger partial charge in [-0.15, -0.1) is 0 Å². The van der Waals surface area contributed by atoms with E-state index >= 15 is 0 Å². The number of hydrazine groups is 1. The molecule has 0 saturated carbocycles. The highest BCUT2D eigenvalue weighted by atomic mass is 16.5. The van der Waals surface area contributed by atoms with Crippen LogP contribution in [0.4, 0.5) is 0 Å². The van der Waals surface area contributed by atoms with Crippen molar-refractivity contribution in [2.75, 3.05) is 13.2 Å². The molecule has 0 amide bonds. The van der Waals surface area contributed by atoms with E-state index in [2.05, 4.69) is 16.5 Å². The van der Waals surface area contributed by atoms with Crippen LogP contribution in [-0.2, 0) is 11.2 Å². The standard InChI is InChI=1S/C14H19N3O/c1-2-18-10-12(17-15)9-11-7-8-16-14-6-4-3-5-13(11)14/h3-8,12,17H,2,9-10,15H2,1H3. The van der Waals surface area contributed by atoms with Crippen molar-refractivity contribution >= 4 is 10.9 Å². The van der Waals surface area contributed by atoms with Gasteiger partial charge in [-0.1, -0.05) is 18.2 Å². The molecular weight excluding hydrogens is 226 g/mol. The minimum absolute atomic E-state index is 0.121. The molecule has 0 aliphatic carbocycles. The Bertz CT molecular complexity index is 496. The molecule has 0 spiro atoms. The molecule has 1 heterocycles. The number of benzene rings is 1. The van der Waals surface area contributed by atoms with Crippen LogP contribution in [0.2, 0.25) is 0 Å². The molecule has 1 unspecified atom stereocenters. The molecule has 0 fully saturated rings. The molecule has 3 N–H and O–H groups in total. The van der Waals surface area contributed by atoms with Crippen LogP contribution in [0.5, 0.6) is 0 Å². The van der Waals surface area contributed by atoms with E-state index in [0.29, 0.717) is 13.2 Å². The Kier molecular flexibility index (Phi) is 4.64. The van der Waals surface area contributed by atoms with Gasteiger partial charge in [-0.3, -0.25) is 16.3 Å².